The molecule has 1 saturated heterocycles. The number of nitrogens with one attached hydrogen (secondary N) is 1. The van der Waals surface area contributed by atoms with Crippen molar-refractivity contribution in [2.24, 2.45) is 5.92 Å². The van der Waals surface area contributed by atoms with Crippen molar-refractivity contribution in [3.05, 3.63) is 36.6 Å². The molecule has 0 aromatic heterocycles. The molecule has 0 aliphatic carbocycles. The van der Waals surface area contributed by atoms with Crippen molar-refractivity contribution in [3.63, 3.8) is 0 Å². The molecular weight excluding hydrogens is 266 g/mol. The molecule has 21 heavy (non-hydrogen) atoms. The fourth-order valence-corrected chi connectivity index (χ4v) is 2.29. The summed E-state index contributed by atoms with van der Waals surface area (Å²) >= 11 is 0. The first-order valence-electron chi connectivity index (χ1n) is 7.37. The molecule has 0 saturated carbocycles. The van der Waals surface area contributed by atoms with E-state index in [1.54, 1.807) is 12.2 Å². The zero-order valence-corrected chi connectivity index (χ0v) is 13.6. The molecule has 0 bridgehead atoms. The SMILES string of the molecule is C=CC(=CC(=C)NC(=O)OC(C)(C)C)[C@H]1OCCC[C@H]1C. The maximum atomic E-state index is 11.7. The van der Waals surface area contributed by atoms with Crippen molar-refractivity contribution >= 4 is 6.09 Å². The molecule has 4 heteroatoms. The maximum Gasteiger partial charge on any atom is 0.412 e. The van der Waals surface area contributed by atoms with Gasteiger partial charge in [0.25, 0.3) is 0 Å². The Kier molecular flexibility index (Phi) is 6.21. The van der Waals surface area contributed by atoms with Crippen LogP contribution in [0.4, 0.5) is 4.79 Å². The monoisotopic (exact) mass is 293 g/mol. The van der Waals surface area contributed by atoms with Gasteiger partial charge in [-0.05, 0) is 51.2 Å². The summed E-state index contributed by atoms with van der Waals surface area (Å²) in [7, 11) is 0. The number of allylic oxidation sites excluding steroid dienone is 1. The van der Waals surface area contributed by atoms with E-state index in [0.717, 1.165) is 25.0 Å². The fraction of sp³-hybridized carbons (Fsp3) is 0.588. The lowest BCUT2D eigenvalue weighted by atomic mass is 9.90. The van der Waals surface area contributed by atoms with E-state index < -0.39 is 11.7 Å². The lowest BCUT2D eigenvalue weighted by molar-refractivity contribution is 0.00508. The number of alkyl carbamates (subject to hydrolysis) is 1. The highest BCUT2D eigenvalue weighted by atomic mass is 16.6. The van der Waals surface area contributed by atoms with E-state index >= 15 is 0 Å². The summed E-state index contributed by atoms with van der Waals surface area (Å²) in [6.07, 6.45) is 5.26. The van der Waals surface area contributed by atoms with Crippen LogP contribution in [0.1, 0.15) is 40.5 Å². The molecule has 1 heterocycles. The topological polar surface area (TPSA) is 47.6 Å². The van der Waals surface area contributed by atoms with Crippen LogP contribution in [0.15, 0.2) is 36.6 Å². The van der Waals surface area contributed by atoms with Gasteiger partial charge in [-0.2, -0.15) is 0 Å². The molecule has 1 aliphatic heterocycles. The van der Waals surface area contributed by atoms with Crippen LogP contribution in [-0.2, 0) is 9.47 Å². The van der Waals surface area contributed by atoms with Gasteiger partial charge < -0.3 is 9.47 Å². The van der Waals surface area contributed by atoms with E-state index in [4.69, 9.17) is 9.47 Å². The van der Waals surface area contributed by atoms with Gasteiger partial charge >= 0.3 is 6.09 Å². The van der Waals surface area contributed by atoms with Crippen LogP contribution in [0, 0.1) is 5.92 Å². The third-order valence-corrected chi connectivity index (χ3v) is 3.18. The average Bonchev–Trinajstić information content (AvgIpc) is 2.34. The van der Waals surface area contributed by atoms with E-state index in [-0.39, 0.29) is 6.10 Å². The van der Waals surface area contributed by atoms with Crippen LogP contribution < -0.4 is 5.32 Å². The summed E-state index contributed by atoms with van der Waals surface area (Å²) in [6, 6.07) is 0. The predicted molar refractivity (Wildman–Crippen MR) is 84.9 cm³/mol. The normalized spacial score (nSPS) is 23.3. The van der Waals surface area contributed by atoms with Gasteiger partial charge in [0.1, 0.15) is 5.60 Å². The van der Waals surface area contributed by atoms with Gasteiger partial charge in [-0.25, -0.2) is 4.79 Å². The smallest absolute Gasteiger partial charge is 0.412 e. The van der Waals surface area contributed by atoms with E-state index in [1.165, 1.54) is 0 Å². The highest BCUT2D eigenvalue weighted by molar-refractivity contribution is 5.70. The van der Waals surface area contributed by atoms with Gasteiger partial charge in [0.05, 0.1) is 6.10 Å². The van der Waals surface area contributed by atoms with Crippen molar-refractivity contribution in [3.8, 4) is 0 Å². The Labute approximate surface area is 127 Å². The minimum atomic E-state index is -0.531. The minimum absolute atomic E-state index is 0.00781. The second kappa shape index (κ2) is 7.46. The molecule has 118 valence electrons. The van der Waals surface area contributed by atoms with E-state index in [1.807, 2.05) is 20.8 Å². The second-order valence-electron chi connectivity index (χ2n) is 6.41. The van der Waals surface area contributed by atoms with Gasteiger partial charge in [-0.15, -0.1) is 0 Å². The number of ether oxygens (including phenoxy) is 2. The Morgan fingerprint density at radius 3 is 2.62 bits per heavy atom. The number of carbonyl (C=O) groups is 1. The van der Waals surface area contributed by atoms with Crippen LogP contribution in [-0.4, -0.2) is 24.4 Å². The van der Waals surface area contributed by atoms with Crippen molar-refractivity contribution in [2.75, 3.05) is 6.61 Å². The number of rotatable bonds is 4. The summed E-state index contributed by atoms with van der Waals surface area (Å²) in [4.78, 5) is 11.7. The molecule has 1 fully saturated rings. The lowest BCUT2D eigenvalue weighted by Crippen LogP contribution is -2.32. The molecule has 1 rings (SSSR count). The van der Waals surface area contributed by atoms with E-state index in [0.29, 0.717) is 11.6 Å². The minimum Gasteiger partial charge on any atom is -0.444 e. The summed E-state index contributed by atoms with van der Waals surface area (Å²) < 4.78 is 11.0. The predicted octanol–water partition coefficient (Wildman–Crippen LogP) is 3.95. The van der Waals surface area contributed by atoms with Crippen LogP contribution in [0.2, 0.25) is 0 Å². The highest BCUT2D eigenvalue weighted by Crippen LogP contribution is 2.26. The molecule has 0 unspecified atom stereocenters. The average molecular weight is 293 g/mol. The van der Waals surface area contributed by atoms with E-state index in [9.17, 15) is 4.79 Å². The number of carbonyl (C=O) groups excluding carboxylic acids is 1. The number of hydrogen-bond acceptors (Lipinski definition) is 3. The largest absolute Gasteiger partial charge is 0.444 e. The Bertz CT molecular complexity index is 432. The molecule has 0 aromatic rings. The van der Waals surface area contributed by atoms with Crippen LogP contribution in [0.3, 0.4) is 0 Å². The maximum absolute atomic E-state index is 11.7. The van der Waals surface area contributed by atoms with Gasteiger partial charge in [0.15, 0.2) is 0 Å². The first-order valence-corrected chi connectivity index (χ1v) is 7.37. The number of amides is 1. The van der Waals surface area contributed by atoms with Gasteiger partial charge in [-0.3, -0.25) is 5.32 Å². The van der Waals surface area contributed by atoms with Crippen molar-refractivity contribution < 1.29 is 14.3 Å². The number of hydrogen-bond donors (Lipinski definition) is 1. The fourth-order valence-electron chi connectivity index (χ4n) is 2.29. The molecule has 1 aliphatic rings. The third-order valence-electron chi connectivity index (χ3n) is 3.18. The molecular formula is C17H27NO3. The molecule has 0 spiro atoms. The highest BCUT2D eigenvalue weighted by Gasteiger charge is 2.24. The quantitative estimate of drug-likeness (QED) is 0.798. The Balaban J connectivity index is 2.67. The first kappa shape index (κ1) is 17.5. The Morgan fingerprint density at radius 1 is 1.43 bits per heavy atom. The van der Waals surface area contributed by atoms with Gasteiger partial charge in [0.2, 0.25) is 0 Å². The van der Waals surface area contributed by atoms with Crippen LogP contribution in [0.25, 0.3) is 0 Å². The summed E-state index contributed by atoms with van der Waals surface area (Å²) in [5, 5.41) is 2.62. The van der Waals surface area contributed by atoms with Crippen molar-refractivity contribution in [2.45, 2.75) is 52.2 Å². The van der Waals surface area contributed by atoms with Crippen molar-refractivity contribution in [1.82, 2.24) is 5.32 Å². The zero-order valence-electron chi connectivity index (χ0n) is 13.6. The van der Waals surface area contributed by atoms with Gasteiger partial charge in [0, 0.05) is 12.3 Å². The molecule has 2 atom stereocenters. The molecule has 0 aromatic carbocycles. The van der Waals surface area contributed by atoms with E-state index in [2.05, 4.69) is 25.4 Å². The Morgan fingerprint density at radius 2 is 2.10 bits per heavy atom. The molecule has 1 amide bonds. The summed E-state index contributed by atoms with van der Waals surface area (Å²) in [5.41, 5.74) is 0.875. The molecule has 1 N–H and O–H groups in total. The zero-order chi connectivity index (χ0) is 16.0. The summed E-state index contributed by atoms with van der Waals surface area (Å²) in [6.45, 7) is 16.0. The van der Waals surface area contributed by atoms with Gasteiger partial charge in [-0.1, -0.05) is 26.2 Å². The molecule has 0 radical (unpaired) electrons. The van der Waals surface area contributed by atoms with Crippen LogP contribution in [0.5, 0.6) is 0 Å². The first-order chi connectivity index (χ1) is 9.73. The Hall–Kier alpha value is -1.55. The van der Waals surface area contributed by atoms with Crippen LogP contribution >= 0.6 is 0 Å². The van der Waals surface area contributed by atoms with Crippen molar-refractivity contribution in [1.29, 1.82) is 0 Å². The lowest BCUT2D eigenvalue weighted by Gasteiger charge is -2.30. The second-order valence-corrected chi connectivity index (χ2v) is 6.41. The molecule has 4 nitrogen and oxygen atoms in total. The summed E-state index contributed by atoms with van der Waals surface area (Å²) in [5.74, 6) is 0.428. The standard InChI is InChI=1S/C17H27NO3/c1-7-14(15-12(2)9-8-10-20-15)11-13(3)18-16(19)21-17(4,5)6/h7,11-12,15H,1,3,8-10H2,2,4-6H3,(H,18,19)/t12-,15+/m1/s1. The third kappa shape index (κ3) is 6.17.